The van der Waals surface area contributed by atoms with E-state index in [4.69, 9.17) is 4.74 Å². The van der Waals surface area contributed by atoms with Crippen molar-refractivity contribution in [2.24, 2.45) is 0 Å². The van der Waals surface area contributed by atoms with Gasteiger partial charge in [-0.3, -0.25) is 0 Å². The summed E-state index contributed by atoms with van der Waals surface area (Å²) in [6, 6.07) is 6.77. The molecule has 19 heavy (non-hydrogen) atoms. The Kier molecular flexibility index (Phi) is 8.15. The molecule has 108 valence electrons. The molecule has 3 heteroatoms. The molecule has 1 rings (SSSR count). The summed E-state index contributed by atoms with van der Waals surface area (Å²) in [7, 11) is 0. The second-order valence-corrected chi connectivity index (χ2v) is 6.20. The number of hydrogen-bond donors (Lipinski definition) is 1. The number of benzene rings is 1. The van der Waals surface area contributed by atoms with Crippen molar-refractivity contribution >= 4 is 15.9 Å². The number of rotatable bonds is 9. The van der Waals surface area contributed by atoms with E-state index in [9.17, 15) is 0 Å². The van der Waals surface area contributed by atoms with Crippen LogP contribution in [0.5, 0.6) is 5.75 Å². The summed E-state index contributed by atoms with van der Waals surface area (Å²) in [5, 5.41) is 3.44. The molecule has 0 spiro atoms. The molecular weight excluding hydrogens is 302 g/mol. The topological polar surface area (TPSA) is 21.3 Å². The molecule has 0 bridgehead atoms. The van der Waals surface area contributed by atoms with Crippen LogP contribution in [-0.4, -0.2) is 19.2 Å². The molecule has 0 fully saturated rings. The fourth-order valence-corrected chi connectivity index (χ4v) is 2.22. The van der Waals surface area contributed by atoms with Crippen molar-refractivity contribution in [1.29, 1.82) is 0 Å². The minimum Gasteiger partial charge on any atom is -0.493 e. The third-order valence-electron chi connectivity index (χ3n) is 3.03. The second-order valence-electron chi connectivity index (χ2n) is 5.28. The highest BCUT2D eigenvalue weighted by molar-refractivity contribution is 9.10. The van der Waals surface area contributed by atoms with E-state index in [0.717, 1.165) is 29.8 Å². The Bertz CT molecular complexity index is 366. The molecule has 0 saturated heterocycles. The maximum atomic E-state index is 5.82. The fourth-order valence-electron chi connectivity index (χ4n) is 1.88. The molecule has 1 aromatic carbocycles. The highest BCUT2D eigenvalue weighted by atomic mass is 79.9. The normalized spacial score (nSPS) is 11.0. The largest absolute Gasteiger partial charge is 0.493 e. The van der Waals surface area contributed by atoms with E-state index in [1.54, 1.807) is 0 Å². The van der Waals surface area contributed by atoms with Crippen LogP contribution < -0.4 is 10.1 Å². The van der Waals surface area contributed by atoms with Crippen LogP contribution in [0.15, 0.2) is 22.7 Å². The highest BCUT2D eigenvalue weighted by Gasteiger charge is 2.00. The SMILES string of the molecule is Cc1ccc(Br)cc1OCCCCCCNC(C)C. The van der Waals surface area contributed by atoms with Gasteiger partial charge in [-0.15, -0.1) is 0 Å². The zero-order valence-electron chi connectivity index (χ0n) is 12.3. The van der Waals surface area contributed by atoms with Crippen LogP contribution in [-0.2, 0) is 0 Å². The summed E-state index contributed by atoms with van der Waals surface area (Å²) in [5.74, 6) is 0.996. The van der Waals surface area contributed by atoms with Crippen LogP contribution >= 0.6 is 15.9 Å². The van der Waals surface area contributed by atoms with E-state index >= 15 is 0 Å². The van der Waals surface area contributed by atoms with Gasteiger partial charge in [-0.2, -0.15) is 0 Å². The predicted octanol–water partition coefficient (Wildman–Crippen LogP) is 4.69. The Balaban J connectivity index is 2.06. The van der Waals surface area contributed by atoms with Crippen molar-refractivity contribution in [3.05, 3.63) is 28.2 Å². The molecule has 0 radical (unpaired) electrons. The third-order valence-corrected chi connectivity index (χ3v) is 3.52. The van der Waals surface area contributed by atoms with Gasteiger partial charge < -0.3 is 10.1 Å². The number of nitrogens with one attached hydrogen (secondary N) is 1. The zero-order valence-corrected chi connectivity index (χ0v) is 13.9. The van der Waals surface area contributed by atoms with Gasteiger partial charge in [0.2, 0.25) is 0 Å². The number of hydrogen-bond acceptors (Lipinski definition) is 2. The average Bonchev–Trinajstić information content (AvgIpc) is 2.36. The molecule has 0 aromatic heterocycles. The van der Waals surface area contributed by atoms with E-state index in [2.05, 4.69) is 48.1 Å². The Morgan fingerprint density at radius 1 is 1.16 bits per heavy atom. The van der Waals surface area contributed by atoms with Crippen molar-refractivity contribution in [3.63, 3.8) is 0 Å². The molecule has 0 aliphatic carbocycles. The Morgan fingerprint density at radius 2 is 1.89 bits per heavy atom. The Labute approximate surface area is 126 Å². The van der Waals surface area contributed by atoms with Gasteiger partial charge in [0.1, 0.15) is 5.75 Å². The first-order chi connectivity index (χ1) is 9.09. The van der Waals surface area contributed by atoms with Crippen molar-refractivity contribution in [3.8, 4) is 5.75 Å². The molecule has 0 atom stereocenters. The van der Waals surface area contributed by atoms with Gasteiger partial charge in [0, 0.05) is 10.5 Å². The lowest BCUT2D eigenvalue weighted by Gasteiger charge is -2.10. The Morgan fingerprint density at radius 3 is 2.63 bits per heavy atom. The molecule has 0 amide bonds. The summed E-state index contributed by atoms with van der Waals surface area (Å²) in [4.78, 5) is 0. The van der Waals surface area contributed by atoms with Crippen molar-refractivity contribution < 1.29 is 4.74 Å². The van der Waals surface area contributed by atoms with Gasteiger partial charge in [-0.25, -0.2) is 0 Å². The van der Waals surface area contributed by atoms with E-state index in [1.165, 1.54) is 24.8 Å². The predicted molar refractivity (Wildman–Crippen MR) is 86.0 cm³/mol. The highest BCUT2D eigenvalue weighted by Crippen LogP contribution is 2.23. The summed E-state index contributed by atoms with van der Waals surface area (Å²) in [6.45, 7) is 8.40. The molecule has 0 heterocycles. The smallest absolute Gasteiger partial charge is 0.123 e. The first-order valence-electron chi connectivity index (χ1n) is 7.22. The standard InChI is InChI=1S/C16H26BrNO/c1-13(2)18-10-6-4-5-7-11-19-16-12-15(17)9-8-14(16)3/h8-9,12-13,18H,4-7,10-11H2,1-3H3. The van der Waals surface area contributed by atoms with E-state index in [0.29, 0.717) is 6.04 Å². The second kappa shape index (κ2) is 9.38. The maximum absolute atomic E-state index is 5.82. The third kappa shape index (κ3) is 7.58. The van der Waals surface area contributed by atoms with E-state index in [1.807, 2.05) is 12.1 Å². The van der Waals surface area contributed by atoms with Gasteiger partial charge in [0.15, 0.2) is 0 Å². The minimum absolute atomic E-state index is 0.600. The number of unbranched alkanes of at least 4 members (excludes halogenated alkanes) is 3. The first-order valence-corrected chi connectivity index (χ1v) is 8.01. The summed E-state index contributed by atoms with van der Waals surface area (Å²) in [5.41, 5.74) is 1.20. The zero-order chi connectivity index (χ0) is 14.1. The van der Waals surface area contributed by atoms with Crippen LogP contribution in [0.3, 0.4) is 0 Å². The van der Waals surface area contributed by atoms with Gasteiger partial charge in [-0.05, 0) is 44.0 Å². The molecule has 2 nitrogen and oxygen atoms in total. The van der Waals surface area contributed by atoms with Crippen molar-refractivity contribution in [1.82, 2.24) is 5.32 Å². The summed E-state index contributed by atoms with van der Waals surface area (Å²) in [6.07, 6.45) is 4.91. The first kappa shape index (κ1) is 16.5. The molecule has 0 saturated carbocycles. The molecule has 1 aromatic rings. The van der Waals surface area contributed by atoms with Gasteiger partial charge >= 0.3 is 0 Å². The van der Waals surface area contributed by atoms with Crippen LogP contribution in [0.4, 0.5) is 0 Å². The molecule has 0 aliphatic rings. The van der Waals surface area contributed by atoms with Crippen LogP contribution in [0, 0.1) is 6.92 Å². The summed E-state index contributed by atoms with van der Waals surface area (Å²) < 4.78 is 6.89. The lowest BCUT2D eigenvalue weighted by atomic mass is 10.2. The lowest BCUT2D eigenvalue weighted by Crippen LogP contribution is -2.23. The quantitative estimate of drug-likeness (QED) is 0.664. The van der Waals surface area contributed by atoms with Gasteiger partial charge in [0.05, 0.1) is 6.61 Å². The number of halogens is 1. The average molecular weight is 328 g/mol. The lowest BCUT2D eigenvalue weighted by molar-refractivity contribution is 0.302. The minimum atomic E-state index is 0.600. The van der Waals surface area contributed by atoms with Crippen molar-refractivity contribution in [2.45, 2.75) is 52.5 Å². The van der Waals surface area contributed by atoms with E-state index < -0.39 is 0 Å². The number of ether oxygens (including phenoxy) is 1. The number of aryl methyl sites for hydroxylation is 1. The maximum Gasteiger partial charge on any atom is 0.123 e. The molecule has 1 N–H and O–H groups in total. The van der Waals surface area contributed by atoms with Crippen LogP contribution in [0.2, 0.25) is 0 Å². The Hall–Kier alpha value is -0.540. The van der Waals surface area contributed by atoms with E-state index in [-0.39, 0.29) is 0 Å². The molecule has 0 unspecified atom stereocenters. The monoisotopic (exact) mass is 327 g/mol. The summed E-state index contributed by atoms with van der Waals surface area (Å²) >= 11 is 3.47. The van der Waals surface area contributed by atoms with Crippen molar-refractivity contribution in [2.75, 3.05) is 13.2 Å². The fraction of sp³-hybridized carbons (Fsp3) is 0.625. The van der Waals surface area contributed by atoms with Gasteiger partial charge in [0.25, 0.3) is 0 Å². The van der Waals surface area contributed by atoms with Crippen LogP contribution in [0.25, 0.3) is 0 Å². The van der Waals surface area contributed by atoms with Crippen LogP contribution in [0.1, 0.15) is 45.1 Å². The molecular formula is C16H26BrNO. The molecule has 0 aliphatic heterocycles. The van der Waals surface area contributed by atoms with Gasteiger partial charge in [-0.1, -0.05) is 48.7 Å².